The molecular weight excluding hydrogens is 292 g/mol. The SMILES string of the molecule is CCc1cc(CC[Si](C)(C)c2cccs2)cc(CC)c1O. The summed E-state index contributed by atoms with van der Waals surface area (Å²) in [5.74, 6) is 0.513. The summed E-state index contributed by atoms with van der Waals surface area (Å²) in [4.78, 5) is 0. The zero-order valence-electron chi connectivity index (χ0n) is 13.6. The molecule has 0 radical (unpaired) electrons. The van der Waals surface area contributed by atoms with Crippen molar-refractivity contribution in [2.75, 3.05) is 0 Å². The van der Waals surface area contributed by atoms with Gasteiger partial charge in [0.1, 0.15) is 5.75 Å². The standard InChI is InChI=1S/C18H26OSSi/c1-5-15-12-14(13-16(6-2)18(15)19)9-11-21(3,4)17-8-7-10-20-17/h7-8,10,12-13,19H,5-6,9,11H2,1-4H3. The van der Waals surface area contributed by atoms with E-state index in [0.29, 0.717) is 5.75 Å². The highest BCUT2D eigenvalue weighted by atomic mass is 32.1. The normalized spacial score (nSPS) is 11.8. The summed E-state index contributed by atoms with van der Waals surface area (Å²) < 4.78 is 1.59. The van der Waals surface area contributed by atoms with E-state index < -0.39 is 8.07 Å². The second-order valence-corrected chi connectivity index (χ2v) is 12.4. The van der Waals surface area contributed by atoms with Crippen molar-refractivity contribution in [3.63, 3.8) is 0 Å². The van der Waals surface area contributed by atoms with Crippen LogP contribution in [-0.2, 0) is 19.3 Å². The Morgan fingerprint density at radius 2 is 1.71 bits per heavy atom. The zero-order valence-corrected chi connectivity index (χ0v) is 15.4. The van der Waals surface area contributed by atoms with Gasteiger partial charge < -0.3 is 5.11 Å². The van der Waals surface area contributed by atoms with Crippen molar-refractivity contribution in [2.24, 2.45) is 0 Å². The summed E-state index contributed by atoms with van der Waals surface area (Å²) in [6, 6.07) is 10.1. The van der Waals surface area contributed by atoms with Gasteiger partial charge in [-0.2, -0.15) is 11.3 Å². The number of thiophene rings is 1. The average Bonchev–Trinajstić information content (AvgIpc) is 3.01. The molecule has 1 aromatic heterocycles. The molecule has 0 saturated heterocycles. The van der Waals surface area contributed by atoms with E-state index in [2.05, 4.69) is 56.6 Å². The molecule has 0 spiro atoms. The molecule has 1 N–H and O–H groups in total. The molecule has 0 aliphatic carbocycles. The summed E-state index contributed by atoms with van der Waals surface area (Å²) in [6.45, 7) is 9.15. The first-order valence-electron chi connectivity index (χ1n) is 7.85. The van der Waals surface area contributed by atoms with Gasteiger partial charge in [0.05, 0.1) is 8.07 Å². The monoisotopic (exact) mass is 318 g/mol. The number of rotatable bonds is 6. The number of hydrogen-bond donors (Lipinski definition) is 1. The topological polar surface area (TPSA) is 20.2 Å². The van der Waals surface area contributed by atoms with Crippen molar-refractivity contribution in [3.05, 3.63) is 46.3 Å². The smallest absolute Gasteiger partial charge is 0.121 e. The van der Waals surface area contributed by atoms with Crippen LogP contribution in [0.2, 0.25) is 19.1 Å². The third kappa shape index (κ3) is 3.77. The maximum atomic E-state index is 10.2. The minimum atomic E-state index is -1.32. The number of aryl methyl sites for hydroxylation is 3. The summed E-state index contributed by atoms with van der Waals surface area (Å²) in [5, 5.41) is 12.4. The highest BCUT2D eigenvalue weighted by molar-refractivity contribution is 7.25. The van der Waals surface area contributed by atoms with Crippen LogP contribution in [0.4, 0.5) is 0 Å². The molecule has 1 heterocycles. The Labute approximate surface area is 133 Å². The van der Waals surface area contributed by atoms with Crippen molar-refractivity contribution >= 4 is 23.9 Å². The number of benzene rings is 1. The minimum absolute atomic E-state index is 0.513. The molecule has 0 atom stereocenters. The molecule has 0 aliphatic rings. The second kappa shape index (κ2) is 6.80. The van der Waals surface area contributed by atoms with Crippen LogP contribution in [0, 0.1) is 0 Å². The Balaban J connectivity index is 2.17. The van der Waals surface area contributed by atoms with E-state index >= 15 is 0 Å². The molecule has 2 aromatic rings. The van der Waals surface area contributed by atoms with Crippen LogP contribution in [0.1, 0.15) is 30.5 Å². The molecule has 1 aromatic carbocycles. The maximum absolute atomic E-state index is 10.2. The second-order valence-electron chi connectivity index (χ2n) is 6.33. The predicted octanol–water partition coefficient (Wildman–Crippen LogP) is 4.74. The number of aromatic hydroxyl groups is 1. The molecule has 0 bridgehead atoms. The van der Waals surface area contributed by atoms with E-state index in [4.69, 9.17) is 0 Å². The summed E-state index contributed by atoms with van der Waals surface area (Å²) in [6.07, 6.45) is 2.92. The van der Waals surface area contributed by atoms with Crippen LogP contribution in [0.3, 0.4) is 0 Å². The van der Waals surface area contributed by atoms with Crippen LogP contribution in [-0.4, -0.2) is 13.2 Å². The Hall–Kier alpha value is -1.06. The van der Waals surface area contributed by atoms with Gasteiger partial charge in [0.25, 0.3) is 0 Å². The first-order valence-corrected chi connectivity index (χ1v) is 11.9. The molecule has 0 aliphatic heterocycles. The molecule has 0 saturated carbocycles. The lowest BCUT2D eigenvalue weighted by atomic mass is 9.99. The van der Waals surface area contributed by atoms with Gasteiger partial charge >= 0.3 is 0 Å². The van der Waals surface area contributed by atoms with E-state index in [0.717, 1.165) is 30.4 Å². The van der Waals surface area contributed by atoms with Crippen LogP contribution in [0.25, 0.3) is 0 Å². The fraction of sp³-hybridized carbons (Fsp3) is 0.444. The third-order valence-corrected chi connectivity index (χ3v) is 10.0. The van der Waals surface area contributed by atoms with Gasteiger partial charge in [0.15, 0.2) is 0 Å². The fourth-order valence-corrected chi connectivity index (χ4v) is 6.71. The fourth-order valence-electron chi connectivity index (χ4n) is 2.76. The Kier molecular flexibility index (Phi) is 5.28. The van der Waals surface area contributed by atoms with Crippen LogP contribution in [0.5, 0.6) is 5.75 Å². The van der Waals surface area contributed by atoms with E-state index in [9.17, 15) is 5.11 Å². The number of phenols is 1. The number of hydrogen-bond acceptors (Lipinski definition) is 2. The first kappa shape index (κ1) is 16.3. The van der Waals surface area contributed by atoms with E-state index in [-0.39, 0.29) is 0 Å². The molecule has 21 heavy (non-hydrogen) atoms. The van der Waals surface area contributed by atoms with Crippen LogP contribution >= 0.6 is 11.3 Å². The summed E-state index contributed by atoms with van der Waals surface area (Å²) >= 11 is 1.90. The van der Waals surface area contributed by atoms with E-state index in [1.54, 1.807) is 4.50 Å². The predicted molar refractivity (Wildman–Crippen MR) is 96.8 cm³/mol. The largest absolute Gasteiger partial charge is 0.507 e. The third-order valence-electron chi connectivity index (χ3n) is 4.32. The average molecular weight is 319 g/mol. The van der Waals surface area contributed by atoms with Gasteiger partial charge in [0, 0.05) is 0 Å². The van der Waals surface area contributed by atoms with Gasteiger partial charge in [-0.1, -0.05) is 51.2 Å². The molecule has 0 fully saturated rings. The molecule has 114 valence electrons. The van der Waals surface area contributed by atoms with Crippen molar-refractivity contribution in [3.8, 4) is 5.75 Å². The lowest BCUT2D eigenvalue weighted by Gasteiger charge is -2.21. The van der Waals surface area contributed by atoms with Crippen LogP contribution < -0.4 is 4.50 Å². The molecule has 0 unspecified atom stereocenters. The van der Waals surface area contributed by atoms with Crippen molar-refractivity contribution in [2.45, 2.75) is 52.2 Å². The molecule has 0 amide bonds. The van der Waals surface area contributed by atoms with Crippen molar-refractivity contribution in [1.82, 2.24) is 0 Å². The van der Waals surface area contributed by atoms with Crippen molar-refractivity contribution in [1.29, 1.82) is 0 Å². The Bertz CT molecular complexity index is 562. The molecule has 2 rings (SSSR count). The van der Waals surface area contributed by atoms with E-state index in [1.807, 2.05) is 11.3 Å². The molecular formula is C18H26OSSi. The minimum Gasteiger partial charge on any atom is -0.507 e. The van der Waals surface area contributed by atoms with Crippen LogP contribution in [0.15, 0.2) is 29.6 Å². The lowest BCUT2D eigenvalue weighted by Crippen LogP contribution is -2.39. The van der Waals surface area contributed by atoms with Gasteiger partial charge in [-0.25, -0.2) is 0 Å². The summed E-state index contributed by atoms with van der Waals surface area (Å²) in [7, 11) is -1.32. The highest BCUT2D eigenvalue weighted by Gasteiger charge is 2.24. The molecule has 1 nitrogen and oxygen atoms in total. The van der Waals surface area contributed by atoms with Gasteiger partial charge in [-0.3, -0.25) is 0 Å². The Morgan fingerprint density at radius 3 is 2.19 bits per heavy atom. The zero-order chi connectivity index (χ0) is 15.5. The highest BCUT2D eigenvalue weighted by Crippen LogP contribution is 2.27. The first-order chi connectivity index (χ1) is 9.97. The van der Waals surface area contributed by atoms with Gasteiger partial charge in [0.2, 0.25) is 0 Å². The van der Waals surface area contributed by atoms with Gasteiger partial charge in [-0.15, -0.1) is 0 Å². The molecule has 3 heteroatoms. The summed E-state index contributed by atoms with van der Waals surface area (Å²) in [5.41, 5.74) is 3.58. The Morgan fingerprint density at radius 1 is 1.10 bits per heavy atom. The quantitative estimate of drug-likeness (QED) is 0.763. The maximum Gasteiger partial charge on any atom is 0.121 e. The lowest BCUT2D eigenvalue weighted by molar-refractivity contribution is 0.462. The van der Waals surface area contributed by atoms with Gasteiger partial charge in [-0.05, 0) is 51.9 Å². The number of phenolic OH excluding ortho intramolecular Hbond substituents is 1. The van der Waals surface area contributed by atoms with E-state index in [1.165, 1.54) is 11.6 Å². The van der Waals surface area contributed by atoms with Crippen molar-refractivity contribution < 1.29 is 5.11 Å².